The fraction of sp³-hybridized carbons (Fsp3) is 0.429. The molecule has 4 heteroatoms. The van der Waals surface area contributed by atoms with Crippen LogP contribution in [0.4, 0.5) is 0 Å². The van der Waals surface area contributed by atoms with Crippen molar-refractivity contribution in [3.05, 3.63) is 15.6 Å². The Kier molecular flexibility index (Phi) is 1.42. The molecule has 0 N–H and O–H groups in total. The number of fused-ring (bicyclic) bond motifs is 1. The van der Waals surface area contributed by atoms with Crippen molar-refractivity contribution in [3.63, 3.8) is 0 Å². The zero-order valence-corrected chi connectivity index (χ0v) is 7.18. The molecular formula is C7H8N2OS. The smallest absolute Gasteiger partial charge is 0.187 e. The second-order valence-corrected chi connectivity index (χ2v) is 3.22. The predicted molar refractivity (Wildman–Crippen MR) is 42.6 cm³/mol. The van der Waals surface area contributed by atoms with Crippen LogP contribution in [0.5, 0.6) is 0 Å². The van der Waals surface area contributed by atoms with Crippen LogP contribution < -0.4 is 9.89 Å². The number of hydrogen-bond donors (Lipinski definition) is 0. The van der Waals surface area contributed by atoms with Gasteiger partial charge >= 0.3 is 0 Å². The van der Waals surface area contributed by atoms with Gasteiger partial charge in [-0.2, -0.15) is 4.37 Å². The van der Waals surface area contributed by atoms with E-state index >= 15 is 0 Å². The minimum Gasteiger partial charge on any atom is -0.476 e. The number of rotatable bonds is 0. The van der Waals surface area contributed by atoms with Crippen LogP contribution in [0.3, 0.4) is 0 Å². The normalized spacial score (nSPS) is 21.1. The van der Waals surface area contributed by atoms with Gasteiger partial charge in [0.1, 0.15) is 4.67 Å². The van der Waals surface area contributed by atoms with E-state index < -0.39 is 0 Å². The van der Waals surface area contributed by atoms with Gasteiger partial charge in [0.15, 0.2) is 6.23 Å². The van der Waals surface area contributed by atoms with Crippen LogP contribution in [0.2, 0.25) is 0 Å². The van der Waals surface area contributed by atoms with E-state index in [9.17, 15) is 0 Å². The quantitative estimate of drug-likeness (QED) is 0.554. The fourth-order valence-electron chi connectivity index (χ4n) is 0.956. The largest absolute Gasteiger partial charge is 0.476 e. The molecule has 58 valence electrons. The summed E-state index contributed by atoms with van der Waals surface area (Å²) in [5, 5.41) is 1.04. The first kappa shape index (κ1) is 6.79. The number of hydrogen-bond acceptors (Lipinski definition) is 4. The zero-order chi connectivity index (χ0) is 7.84. The van der Waals surface area contributed by atoms with Gasteiger partial charge < -0.3 is 4.74 Å². The second kappa shape index (κ2) is 2.30. The maximum Gasteiger partial charge on any atom is 0.187 e. The lowest BCUT2D eigenvalue weighted by Gasteiger charge is -2.06. The summed E-state index contributed by atoms with van der Waals surface area (Å²) in [4.78, 5) is 4.27. The summed E-state index contributed by atoms with van der Waals surface area (Å²) in [5.41, 5.74) is 1.00. The number of aryl methyl sites for hydroxylation is 1. The molecule has 1 unspecified atom stereocenters. The average molecular weight is 168 g/mol. The van der Waals surface area contributed by atoms with Crippen molar-refractivity contribution in [1.82, 2.24) is 4.37 Å². The number of nitrogens with zero attached hydrogens (tertiary/aromatic N) is 2. The lowest BCUT2D eigenvalue weighted by atomic mass is 10.4. The van der Waals surface area contributed by atoms with Crippen LogP contribution >= 0.6 is 11.5 Å². The molecule has 1 aromatic heterocycles. The Labute approximate surface area is 68.2 Å². The summed E-state index contributed by atoms with van der Waals surface area (Å²) in [6.45, 7) is 3.87. The molecule has 2 heterocycles. The van der Waals surface area contributed by atoms with Crippen LogP contribution in [0, 0.1) is 6.92 Å². The Morgan fingerprint density at radius 3 is 3.27 bits per heavy atom. The minimum atomic E-state index is -0.0534. The third-order valence-electron chi connectivity index (χ3n) is 1.57. The van der Waals surface area contributed by atoms with Crippen molar-refractivity contribution < 1.29 is 4.74 Å². The van der Waals surface area contributed by atoms with Gasteiger partial charge in [0.2, 0.25) is 0 Å². The van der Waals surface area contributed by atoms with E-state index in [-0.39, 0.29) is 6.23 Å². The standard InChI is InChI=1S/C7H8N2OS/c1-4-6-3-10-5(2)8-7(6)11-9-4/h3,5H,1-2H3. The van der Waals surface area contributed by atoms with Crippen molar-refractivity contribution in [1.29, 1.82) is 0 Å². The molecular weight excluding hydrogens is 160 g/mol. The first-order valence-corrected chi connectivity index (χ1v) is 4.20. The summed E-state index contributed by atoms with van der Waals surface area (Å²) in [6, 6.07) is 0. The summed E-state index contributed by atoms with van der Waals surface area (Å²) in [7, 11) is 0. The number of ether oxygens (including phenoxy) is 1. The first-order chi connectivity index (χ1) is 5.27. The van der Waals surface area contributed by atoms with Crippen LogP contribution in [0.25, 0.3) is 6.26 Å². The van der Waals surface area contributed by atoms with Gasteiger partial charge in [0.25, 0.3) is 0 Å². The van der Waals surface area contributed by atoms with Gasteiger partial charge in [-0.15, -0.1) is 0 Å². The molecule has 3 nitrogen and oxygen atoms in total. The van der Waals surface area contributed by atoms with E-state index in [1.165, 1.54) is 11.5 Å². The van der Waals surface area contributed by atoms with E-state index in [1.807, 2.05) is 13.8 Å². The molecule has 0 spiro atoms. The molecule has 11 heavy (non-hydrogen) atoms. The van der Waals surface area contributed by atoms with Crippen LogP contribution in [0.15, 0.2) is 4.99 Å². The molecule has 1 aliphatic heterocycles. The van der Waals surface area contributed by atoms with Crippen molar-refractivity contribution in [2.75, 3.05) is 0 Å². The predicted octanol–water partition coefficient (Wildman–Crippen LogP) is 0.185. The SMILES string of the molecule is Cc1nsc2c1=COC(C)N=2. The minimum absolute atomic E-state index is 0.0534. The topological polar surface area (TPSA) is 34.5 Å². The van der Waals surface area contributed by atoms with Gasteiger partial charge in [-0.1, -0.05) is 0 Å². The fourth-order valence-corrected chi connectivity index (χ4v) is 1.77. The molecule has 0 radical (unpaired) electrons. The molecule has 0 bridgehead atoms. The average Bonchev–Trinajstić information content (AvgIpc) is 2.32. The van der Waals surface area contributed by atoms with Gasteiger partial charge in [-0.25, -0.2) is 4.99 Å². The molecule has 1 aromatic rings. The molecule has 1 aliphatic rings. The van der Waals surface area contributed by atoms with Crippen molar-refractivity contribution in [3.8, 4) is 0 Å². The van der Waals surface area contributed by atoms with Gasteiger partial charge in [-0.05, 0) is 25.4 Å². The Bertz CT molecular complexity index is 382. The lowest BCUT2D eigenvalue weighted by molar-refractivity contribution is 0.199. The molecule has 0 saturated carbocycles. The molecule has 1 atom stereocenters. The monoisotopic (exact) mass is 168 g/mol. The highest BCUT2D eigenvalue weighted by Gasteiger charge is 2.06. The molecule has 0 fully saturated rings. The highest BCUT2D eigenvalue weighted by Crippen LogP contribution is 1.96. The maximum atomic E-state index is 5.22. The molecule has 0 aliphatic carbocycles. The van der Waals surface area contributed by atoms with E-state index in [4.69, 9.17) is 4.74 Å². The van der Waals surface area contributed by atoms with Crippen LogP contribution in [0.1, 0.15) is 12.6 Å². The van der Waals surface area contributed by atoms with Crippen LogP contribution in [-0.2, 0) is 4.74 Å². The Hall–Kier alpha value is -0.900. The first-order valence-electron chi connectivity index (χ1n) is 3.43. The van der Waals surface area contributed by atoms with Gasteiger partial charge in [0, 0.05) is 0 Å². The van der Waals surface area contributed by atoms with E-state index in [0.29, 0.717) is 0 Å². The third kappa shape index (κ3) is 1.03. The summed E-state index contributed by atoms with van der Waals surface area (Å²) in [5.74, 6) is 0. The van der Waals surface area contributed by atoms with Crippen LogP contribution in [-0.4, -0.2) is 10.6 Å². The van der Waals surface area contributed by atoms with Crippen molar-refractivity contribution in [2.24, 2.45) is 4.99 Å². The second-order valence-electron chi connectivity index (χ2n) is 2.47. The van der Waals surface area contributed by atoms with Gasteiger partial charge in [0.05, 0.1) is 17.2 Å². The molecule has 2 rings (SSSR count). The summed E-state index contributed by atoms with van der Waals surface area (Å²) in [6.07, 6.45) is 1.69. The lowest BCUT2D eigenvalue weighted by Crippen LogP contribution is -2.28. The Morgan fingerprint density at radius 1 is 1.64 bits per heavy atom. The molecule has 0 saturated heterocycles. The van der Waals surface area contributed by atoms with Crippen molar-refractivity contribution in [2.45, 2.75) is 20.1 Å². The summed E-state index contributed by atoms with van der Waals surface area (Å²) >= 11 is 1.43. The Balaban J connectivity index is 2.76. The number of aromatic nitrogens is 1. The highest BCUT2D eigenvalue weighted by molar-refractivity contribution is 7.03. The third-order valence-corrected chi connectivity index (χ3v) is 2.43. The van der Waals surface area contributed by atoms with E-state index in [0.717, 1.165) is 15.6 Å². The zero-order valence-electron chi connectivity index (χ0n) is 6.37. The van der Waals surface area contributed by atoms with Crippen molar-refractivity contribution >= 4 is 17.8 Å². The molecule has 0 aromatic carbocycles. The summed E-state index contributed by atoms with van der Waals surface area (Å²) < 4.78 is 10.4. The highest BCUT2D eigenvalue weighted by atomic mass is 32.1. The van der Waals surface area contributed by atoms with Gasteiger partial charge in [-0.3, -0.25) is 0 Å². The Morgan fingerprint density at radius 2 is 2.45 bits per heavy atom. The van der Waals surface area contributed by atoms with E-state index in [2.05, 4.69) is 9.37 Å². The molecule has 0 amide bonds. The van der Waals surface area contributed by atoms with E-state index in [1.54, 1.807) is 6.26 Å². The maximum absolute atomic E-state index is 5.22.